The van der Waals surface area contributed by atoms with Gasteiger partial charge in [0.05, 0.1) is 0 Å². The van der Waals surface area contributed by atoms with Gasteiger partial charge in [-0.1, -0.05) is 108 Å². The molecule has 0 aliphatic heterocycles. The van der Waals surface area contributed by atoms with Crippen molar-refractivity contribution < 1.29 is 26.2 Å². The van der Waals surface area contributed by atoms with E-state index < -0.39 is 0 Å². The van der Waals surface area contributed by atoms with Crippen molar-refractivity contribution in [2.24, 2.45) is 0 Å². The summed E-state index contributed by atoms with van der Waals surface area (Å²) in [5, 5.41) is 10.5. The van der Waals surface area contributed by atoms with Crippen LogP contribution in [-0.4, -0.2) is 16.0 Å². The summed E-state index contributed by atoms with van der Waals surface area (Å²) in [7, 11) is 1.36. The van der Waals surface area contributed by atoms with Crippen molar-refractivity contribution >= 4 is 59.1 Å². The van der Waals surface area contributed by atoms with Crippen LogP contribution in [0.3, 0.4) is 0 Å². The van der Waals surface area contributed by atoms with E-state index in [-0.39, 0.29) is 26.2 Å². The van der Waals surface area contributed by atoms with Crippen LogP contribution in [0, 0.1) is 6.42 Å². The Morgan fingerprint density at radius 1 is 0.432 bits per heavy atom. The summed E-state index contributed by atoms with van der Waals surface area (Å²) in [6.45, 7) is 4.00. The van der Waals surface area contributed by atoms with Crippen LogP contribution in [0.5, 0.6) is 0 Å². The minimum atomic E-state index is 0. The minimum absolute atomic E-state index is 0. The molecule has 0 aliphatic carbocycles. The Hall–Kier alpha value is -3.97. The van der Waals surface area contributed by atoms with Crippen molar-refractivity contribution in [1.29, 1.82) is 0 Å². The number of fused-ring (bicyclic) bond motifs is 4. The van der Waals surface area contributed by atoms with Crippen LogP contribution < -0.4 is 0 Å². The van der Waals surface area contributed by atoms with Crippen LogP contribution in [0.25, 0.3) is 65.3 Å². The molecule has 0 atom stereocenters. The summed E-state index contributed by atoms with van der Waals surface area (Å²) in [6, 6.07) is 56.2. The number of hydrogen-bond donors (Lipinski definition) is 0. The average Bonchev–Trinajstić information content (AvgIpc) is 3.76. The van der Waals surface area contributed by atoms with Gasteiger partial charge >= 0.3 is 26.2 Å². The monoisotopic (exact) mass is 658 g/mol. The molecule has 212 valence electrons. The van der Waals surface area contributed by atoms with E-state index in [4.69, 9.17) is 0 Å². The summed E-state index contributed by atoms with van der Waals surface area (Å²) in [4.78, 5) is 0. The third-order valence-electron chi connectivity index (χ3n) is 7.52. The summed E-state index contributed by atoms with van der Waals surface area (Å²) in [5.74, 6) is 0. The molecule has 2 heteroatoms. The van der Waals surface area contributed by atoms with E-state index in [2.05, 4.69) is 164 Å². The van der Waals surface area contributed by atoms with Gasteiger partial charge in [0.15, 0.2) is 0 Å². The molecular formula is C42H36SiZr. The van der Waals surface area contributed by atoms with Gasteiger partial charge in [0.2, 0.25) is 0 Å². The Bertz CT molecular complexity index is 1920. The fourth-order valence-electron chi connectivity index (χ4n) is 5.72. The molecule has 0 fully saturated rings. The van der Waals surface area contributed by atoms with Crippen LogP contribution in [0.15, 0.2) is 158 Å². The molecular weight excluding hydrogens is 624 g/mol. The molecule has 0 spiro atoms. The Morgan fingerprint density at radius 2 is 0.750 bits per heavy atom. The van der Waals surface area contributed by atoms with E-state index in [0.717, 1.165) is 0 Å². The molecule has 44 heavy (non-hydrogen) atoms. The van der Waals surface area contributed by atoms with Gasteiger partial charge in [-0.3, -0.25) is 0 Å². The van der Waals surface area contributed by atoms with E-state index in [1.165, 1.54) is 75.2 Å². The van der Waals surface area contributed by atoms with Crippen molar-refractivity contribution in [3.8, 4) is 22.3 Å². The maximum atomic E-state index is 4.53. The van der Waals surface area contributed by atoms with Gasteiger partial charge in [-0.05, 0) is 32.7 Å². The second-order valence-electron chi connectivity index (χ2n) is 10.3. The zero-order valence-corrected chi connectivity index (χ0v) is 29.2. The van der Waals surface area contributed by atoms with Gasteiger partial charge in [-0.25, -0.2) is 9.85 Å². The third kappa shape index (κ3) is 7.05. The van der Waals surface area contributed by atoms with E-state index in [1.807, 2.05) is 20.3 Å². The first-order chi connectivity index (χ1) is 21.3. The Morgan fingerprint density at radius 3 is 1.16 bits per heavy atom. The molecule has 8 rings (SSSR count). The quantitative estimate of drug-likeness (QED) is 0.128. The van der Waals surface area contributed by atoms with Gasteiger partial charge in [-0.15, -0.1) is 57.9 Å². The largest absolute Gasteiger partial charge is 4.00 e. The van der Waals surface area contributed by atoms with Crippen molar-refractivity contribution in [3.05, 3.63) is 164 Å². The van der Waals surface area contributed by atoms with Crippen LogP contribution in [-0.2, 0) is 26.2 Å². The predicted octanol–water partition coefficient (Wildman–Crippen LogP) is 10.9. The van der Waals surface area contributed by atoms with E-state index in [9.17, 15) is 0 Å². The van der Waals surface area contributed by atoms with Crippen molar-refractivity contribution in [3.63, 3.8) is 0 Å². The van der Waals surface area contributed by atoms with Crippen molar-refractivity contribution in [2.45, 2.75) is 13.8 Å². The topological polar surface area (TPSA) is 0 Å². The molecule has 8 aromatic carbocycles. The Labute approximate surface area is 283 Å². The minimum Gasteiger partial charge on any atom is -0.533 e. The van der Waals surface area contributed by atoms with E-state index >= 15 is 0 Å². The molecule has 0 heterocycles. The standard InChI is InChI=1S/2C19H13.C3H7.CH3Si.Zr/c2*1-2-10-16-14(6-1)8-4-12-18(16)19-13-5-9-15-7-3-11-17(15)19;1-3-2;1-2;/h2*1-13H;3H,1-2H3;1H,2H2;/q4*-1;+4. The maximum Gasteiger partial charge on any atom is 4.00 e. The molecule has 0 N–H and O–H groups in total. The van der Waals surface area contributed by atoms with Gasteiger partial charge in [0.1, 0.15) is 0 Å². The molecule has 0 aliphatic rings. The summed E-state index contributed by atoms with van der Waals surface area (Å²) in [5.41, 5.74) is 5.27. The Balaban J connectivity index is 0.000000172. The first kappa shape index (κ1) is 32.9. The fraction of sp³-hybridized carbons (Fsp3) is 0.0476. The molecule has 0 unspecified atom stereocenters. The van der Waals surface area contributed by atoms with Crippen molar-refractivity contribution in [1.82, 2.24) is 0 Å². The normalized spacial score (nSPS) is 10.1. The Kier molecular flexibility index (Phi) is 12.1. The molecule has 8 aromatic rings. The smallest absolute Gasteiger partial charge is 0.533 e. The fourth-order valence-corrected chi connectivity index (χ4v) is 5.72. The average molecular weight is 660 g/mol. The van der Waals surface area contributed by atoms with Crippen LogP contribution >= 0.6 is 0 Å². The second-order valence-corrected chi connectivity index (χ2v) is 10.3. The maximum absolute atomic E-state index is 4.53. The molecule has 0 saturated heterocycles. The van der Waals surface area contributed by atoms with Crippen LogP contribution in [0.1, 0.15) is 13.8 Å². The number of rotatable bonds is 2. The second kappa shape index (κ2) is 16.2. The summed E-state index contributed by atoms with van der Waals surface area (Å²) in [6.07, 6.45) is 6.53. The van der Waals surface area contributed by atoms with Crippen LogP contribution in [0.4, 0.5) is 0 Å². The molecule has 0 nitrogen and oxygen atoms in total. The third-order valence-corrected chi connectivity index (χ3v) is 7.52. The summed E-state index contributed by atoms with van der Waals surface area (Å²) < 4.78 is 0. The van der Waals surface area contributed by atoms with Crippen molar-refractivity contribution in [2.75, 3.05) is 0 Å². The zero-order valence-electron chi connectivity index (χ0n) is 25.4. The molecule has 0 bridgehead atoms. The number of benzene rings is 6. The van der Waals surface area contributed by atoms with E-state index in [0.29, 0.717) is 0 Å². The van der Waals surface area contributed by atoms with Gasteiger partial charge in [0, 0.05) is 0 Å². The van der Waals surface area contributed by atoms with Crippen LogP contribution in [0.2, 0.25) is 0 Å². The van der Waals surface area contributed by atoms with Gasteiger partial charge in [-0.2, -0.15) is 38.1 Å². The first-order valence-electron chi connectivity index (χ1n) is 14.7. The molecule has 0 aromatic heterocycles. The van der Waals surface area contributed by atoms with Gasteiger partial charge < -0.3 is 12.6 Å². The molecule has 0 radical (unpaired) electrons. The molecule has 0 saturated carbocycles. The SMILES string of the molecule is C[CH-]C.[CH-]=[SiH2].[Zr+4].c1ccc2c(-c3cccc4[cH-]ccc34)cccc2c1.c1ccc2c(-c3cccc4[cH-]ccc34)cccc2c1. The number of hydrogen-bond acceptors (Lipinski definition) is 0. The predicted molar refractivity (Wildman–Crippen MR) is 195 cm³/mol. The zero-order chi connectivity index (χ0) is 30.0. The van der Waals surface area contributed by atoms with Gasteiger partial charge in [0.25, 0.3) is 0 Å². The molecule has 0 amide bonds. The first-order valence-corrected chi connectivity index (χ1v) is 15.5. The van der Waals surface area contributed by atoms with E-state index in [1.54, 1.807) is 0 Å². The summed E-state index contributed by atoms with van der Waals surface area (Å²) >= 11 is 0.